The molecular weight excluding hydrogens is 356 g/mol. The summed E-state index contributed by atoms with van der Waals surface area (Å²) in [6.45, 7) is 0. The van der Waals surface area contributed by atoms with Crippen LogP contribution in [-0.2, 0) is 6.42 Å². The van der Waals surface area contributed by atoms with Gasteiger partial charge < -0.3 is 0 Å². The molecule has 2 rings (SSSR count). The number of hydrogen-bond donors (Lipinski definition) is 2. The summed E-state index contributed by atoms with van der Waals surface area (Å²) < 4.78 is 2.15. The fourth-order valence-corrected chi connectivity index (χ4v) is 2.53. The van der Waals surface area contributed by atoms with E-state index in [9.17, 15) is 0 Å². The minimum atomic E-state index is 0.115. The van der Waals surface area contributed by atoms with Crippen LogP contribution < -0.4 is 11.3 Å². The average molecular weight is 370 g/mol. The number of rotatable bonds is 4. The topological polar surface area (TPSA) is 38.0 Å². The van der Waals surface area contributed by atoms with E-state index < -0.39 is 0 Å². The molecule has 0 bridgehead atoms. The van der Waals surface area contributed by atoms with Crippen LogP contribution in [-0.4, -0.2) is 0 Å². The van der Waals surface area contributed by atoms with Gasteiger partial charge in [-0.3, -0.25) is 11.3 Å². The molecule has 4 heteroatoms. The van der Waals surface area contributed by atoms with Gasteiger partial charge in [0.2, 0.25) is 0 Å². The molecule has 1 atom stereocenters. The summed E-state index contributed by atoms with van der Waals surface area (Å²) in [4.78, 5) is 0. The molecule has 0 saturated carbocycles. The van der Waals surface area contributed by atoms with Gasteiger partial charge >= 0.3 is 0 Å². The van der Waals surface area contributed by atoms with Crippen molar-refractivity contribution in [2.45, 2.75) is 12.5 Å². The first kappa shape index (κ1) is 13.7. The van der Waals surface area contributed by atoms with E-state index in [4.69, 9.17) is 5.84 Å². The lowest BCUT2D eigenvalue weighted by Gasteiger charge is -2.16. The van der Waals surface area contributed by atoms with Crippen LogP contribution in [0.1, 0.15) is 17.2 Å². The molecule has 0 spiro atoms. The summed E-state index contributed by atoms with van der Waals surface area (Å²) in [5.41, 5.74) is 5.30. The van der Waals surface area contributed by atoms with E-state index in [1.165, 1.54) is 11.1 Å². The molecule has 0 amide bonds. The maximum Gasteiger partial charge on any atom is 0.0500 e. The summed E-state index contributed by atoms with van der Waals surface area (Å²) in [6, 6.07) is 16.6. The third kappa shape index (κ3) is 3.65. The predicted octanol–water partition coefficient (Wildman–Crippen LogP) is 3.96. The van der Waals surface area contributed by atoms with Gasteiger partial charge in [0.05, 0.1) is 6.04 Å². The highest BCUT2D eigenvalue weighted by molar-refractivity contribution is 9.10. The lowest BCUT2D eigenvalue weighted by molar-refractivity contribution is 0.552. The van der Waals surface area contributed by atoms with Gasteiger partial charge in [-0.15, -0.1) is 0 Å². The Balaban J connectivity index is 2.17. The molecule has 0 aliphatic heterocycles. The second-order valence-electron chi connectivity index (χ2n) is 4.10. The molecule has 2 nitrogen and oxygen atoms in total. The van der Waals surface area contributed by atoms with E-state index >= 15 is 0 Å². The average Bonchev–Trinajstić information content (AvgIpc) is 2.38. The maximum absolute atomic E-state index is 5.66. The number of nitrogens with one attached hydrogen (secondary N) is 1. The molecule has 2 aromatic carbocycles. The largest absolute Gasteiger partial charge is 0.271 e. The number of benzene rings is 2. The van der Waals surface area contributed by atoms with Crippen molar-refractivity contribution in [3.63, 3.8) is 0 Å². The van der Waals surface area contributed by atoms with Crippen LogP contribution >= 0.6 is 31.9 Å². The molecule has 0 radical (unpaired) electrons. The van der Waals surface area contributed by atoms with Crippen LogP contribution in [0.4, 0.5) is 0 Å². The van der Waals surface area contributed by atoms with E-state index in [2.05, 4.69) is 61.6 Å². The predicted molar refractivity (Wildman–Crippen MR) is 82.1 cm³/mol. The lowest BCUT2D eigenvalue weighted by Crippen LogP contribution is -2.29. The Morgan fingerprint density at radius 1 is 1.00 bits per heavy atom. The van der Waals surface area contributed by atoms with Crippen LogP contribution in [0.25, 0.3) is 0 Å². The molecular formula is C14H14Br2N2. The third-order valence-corrected chi connectivity index (χ3v) is 3.83. The Labute approximate surface area is 124 Å². The molecule has 1 unspecified atom stereocenters. The molecule has 3 N–H and O–H groups in total. The van der Waals surface area contributed by atoms with Crippen LogP contribution in [0.2, 0.25) is 0 Å². The Morgan fingerprint density at radius 2 is 1.72 bits per heavy atom. The summed E-state index contributed by atoms with van der Waals surface area (Å²) in [5.74, 6) is 5.66. The SMILES string of the molecule is NNC(Cc1ccc(Br)cc1)c1cccc(Br)c1. The summed E-state index contributed by atoms with van der Waals surface area (Å²) >= 11 is 6.92. The fourth-order valence-electron chi connectivity index (χ4n) is 1.85. The molecule has 0 saturated heterocycles. The first-order chi connectivity index (χ1) is 8.69. The van der Waals surface area contributed by atoms with Gasteiger partial charge in [-0.2, -0.15) is 0 Å². The first-order valence-corrected chi connectivity index (χ1v) is 7.23. The number of hydrazine groups is 1. The Bertz CT molecular complexity index is 511. The number of hydrogen-bond acceptors (Lipinski definition) is 2. The standard InChI is InChI=1S/C14H14Br2N2/c15-12-6-4-10(5-7-12)8-14(18-17)11-2-1-3-13(16)9-11/h1-7,9,14,18H,8,17H2. The Kier molecular flexibility index (Phi) is 4.95. The summed E-state index contributed by atoms with van der Waals surface area (Å²) in [5, 5.41) is 0. The zero-order valence-corrected chi connectivity index (χ0v) is 12.9. The quantitative estimate of drug-likeness (QED) is 0.632. The zero-order chi connectivity index (χ0) is 13.0. The van der Waals surface area contributed by atoms with Gasteiger partial charge in [0.15, 0.2) is 0 Å². The van der Waals surface area contributed by atoms with Gasteiger partial charge in [0.25, 0.3) is 0 Å². The van der Waals surface area contributed by atoms with Crippen molar-refractivity contribution in [2.75, 3.05) is 0 Å². The zero-order valence-electron chi connectivity index (χ0n) is 9.74. The van der Waals surface area contributed by atoms with Crippen molar-refractivity contribution in [3.05, 3.63) is 68.6 Å². The second kappa shape index (κ2) is 6.48. The molecule has 0 aliphatic rings. The van der Waals surface area contributed by atoms with Crippen molar-refractivity contribution in [3.8, 4) is 0 Å². The highest BCUT2D eigenvalue weighted by Crippen LogP contribution is 2.22. The van der Waals surface area contributed by atoms with Crippen molar-refractivity contribution in [1.29, 1.82) is 0 Å². The first-order valence-electron chi connectivity index (χ1n) is 5.65. The molecule has 0 aliphatic carbocycles. The van der Waals surface area contributed by atoms with Gasteiger partial charge in [-0.1, -0.05) is 56.1 Å². The van der Waals surface area contributed by atoms with E-state index in [-0.39, 0.29) is 6.04 Å². The van der Waals surface area contributed by atoms with Crippen molar-refractivity contribution in [2.24, 2.45) is 5.84 Å². The molecule has 18 heavy (non-hydrogen) atoms. The third-order valence-electron chi connectivity index (χ3n) is 2.81. The lowest BCUT2D eigenvalue weighted by atomic mass is 9.99. The summed E-state index contributed by atoms with van der Waals surface area (Å²) in [6.07, 6.45) is 0.861. The van der Waals surface area contributed by atoms with E-state index in [0.717, 1.165) is 15.4 Å². The molecule has 94 valence electrons. The fraction of sp³-hybridized carbons (Fsp3) is 0.143. The van der Waals surface area contributed by atoms with E-state index in [0.29, 0.717) is 0 Å². The van der Waals surface area contributed by atoms with E-state index in [1.54, 1.807) is 0 Å². The van der Waals surface area contributed by atoms with E-state index in [1.807, 2.05) is 24.3 Å². The molecule has 2 aromatic rings. The number of nitrogens with two attached hydrogens (primary N) is 1. The minimum Gasteiger partial charge on any atom is -0.271 e. The van der Waals surface area contributed by atoms with Crippen LogP contribution in [0, 0.1) is 0 Å². The van der Waals surface area contributed by atoms with Crippen LogP contribution in [0.15, 0.2) is 57.5 Å². The monoisotopic (exact) mass is 368 g/mol. The van der Waals surface area contributed by atoms with Gasteiger partial charge in [0.1, 0.15) is 0 Å². The van der Waals surface area contributed by atoms with Crippen molar-refractivity contribution < 1.29 is 0 Å². The second-order valence-corrected chi connectivity index (χ2v) is 5.94. The maximum atomic E-state index is 5.66. The smallest absolute Gasteiger partial charge is 0.0500 e. The van der Waals surface area contributed by atoms with Gasteiger partial charge in [-0.25, -0.2) is 0 Å². The van der Waals surface area contributed by atoms with Crippen molar-refractivity contribution in [1.82, 2.24) is 5.43 Å². The Hall–Kier alpha value is -0.680. The molecule has 0 aromatic heterocycles. The molecule has 0 heterocycles. The molecule has 0 fully saturated rings. The van der Waals surface area contributed by atoms with Crippen molar-refractivity contribution >= 4 is 31.9 Å². The normalized spacial score (nSPS) is 12.4. The van der Waals surface area contributed by atoms with Gasteiger partial charge in [0, 0.05) is 8.95 Å². The van der Waals surface area contributed by atoms with Crippen LogP contribution in [0.3, 0.4) is 0 Å². The highest BCUT2D eigenvalue weighted by Gasteiger charge is 2.10. The van der Waals surface area contributed by atoms with Gasteiger partial charge in [-0.05, 0) is 41.8 Å². The Morgan fingerprint density at radius 3 is 2.33 bits per heavy atom. The number of halogens is 2. The van der Waals surface area contributed by atoms with Crippen LogP contribution in [0.5, 0.6) is 0 Å². The minimum absolute atomic E-state index is 0.115. The highest BCUT2D eigenvalue weighted by atomic mass is 79.9. The summed E-state index contributed by atoms with van der Waals surface area (Å²) in [7, 11) is 0.